The number of benzene rings is 3. The van der Waals surface area contributed by atoms with Crippen LogP contribution in [0.3, 0.4) is 0 Å². The molecule has 0 unspecified atom stereocenters. The number of carbonyl (C=O) groups excluding carboxylic acids is 2. The van der Waals surface area contributed by atoms with Gasteiger partial charge in [-0.1, -0.05) is 41.9 Å². The number of nitrogens with one attached hydrogen (secondary N) is 1. The number of esters is 1. The van der Waals surface area contributed by atoms with Crippen LogP contribution in [-0.4, -0.2) is 38.9 Å². The molecule has 3 aliphatic rings. The molecule has 216 valence electrons. The predicted molar refractivity (Wildman–Crippen MR) is 156 cm³/mol. The molecule has 6 rings (SSSR count). The van der Waals surface area contributed by atoms with Crippen molar-refractivity contribution < 1.29 is 33.3 Å². The number of halogens is 1. The fourth-order valence-electron chi connectivity index (χ4n) is 5.77. The molecule has 2 heterocycles. The number of allylic oxidation sites excluding steroid dienone is 3. The van der Waals surface area contributed by atoms with E-state index in [1.165, 1.54) is 0 Å². The largest absolute Gasteiger partial charge is 0.497 e. The van der Waals surface area contributed by atoms with Crippen LogP contribution >= 0.6 is 11.6 Å². The van der Waals surface area contributed by atoms with Gasteiger partial charge in [0.1, 0.15) is 24.7 Å². The van der Waals surface area contributed by atoms with Gasteiger partial charge in [-0.05, 0) is 60.7 Å². The SMILES string of the molecule is COc1ccc([C@H]2CC(=O)C3=C(C2)NC(C)=C(C(=O)OCCOc2ccccc2)[C@H]3c2cc3c(cc2Cl)OCO3)cc1. The van der Waals surface area contributed by atoms with Crippen LogP contribution in [0.1, 0.15) is 42.7 Å². The number of ketones is 1. The maximum Gasteiger partial charge on any atom is 0.336 e. The van der Waals surface area contributed by atoms with Gasteiger partial charge in [-0.3, -0.25) is 4.79 Å². The molecule has 0 amide bonds. The number of fused-ring (bicyclic) bond motifs is 1. The van der Waals surface area contributed by atoms with Gasteiger partial charge in [0.2, 0.25) is 6.79 Å². The van der Waals surface area contributed by atoms with Crippen LogP contribution in [0.5, 0.6) is 23.0 Å². The van der Waals surface area contributed by atoms with Crippen molar-refractivity contribution in [2.75, 3.05) is 27.1 Å². The summed E-state index contributed by atoms with van der Waals surface area (Å²) in [6.45, 7) is 2.10. The Morgan fingerprint density at radius 1 is 0.976 bits per heavy atom. The third-order valence-corrected chi connectivity index (χ3v) is 8.09. The van der Waals surface area contributed by atoms with E-state index in [1.54, 1.807) is 19.2 Å². The lowest BCUT2D eigenvalue weighted by Crippen LogP contribution is -2.36. The van der Waals surface area contributed by atoms with E-state index in [9.17, 15) is 9.59 Å². The molecular formula is C33H30ClNO7. The number of rotatable bonds is 8. The minimum absolute atomic E-state index is 0.0287. The third-order valence-electron chi connectivity index (χ3n) is 7.77. The van der Waals surface area contributed by atoms with Crippen LogP contribution in [0, 0.1) is 0 Å². The number of hydrogen-bond acceptors (Lipinski definition) is 8. The van der Waals surface area contributed by atoms with Gasteiger partial charge in [-0.25, -0.2) is 4.79 Å². The summed E-state index contributed by atoms with van der Waals surface area (Å²) >= 11 is 6.79. The van der Waals surface area contributed by atoms with Gasteiger partial charge in [-0.15, -0.1) is 0 Å². The summed E-state index contributed by atoms with van der Waals surface area (Å²) in [4.78, 5) is 27.6. The molecule has 2 aliphatic heterocycles. The molecule has 42 heavy (non-hydrogen) atoms. The molecule has 2 atom stereocenters. The molecule has 1 aliphatic carbocycles. The van der Waals surface area contributed by atoms with Gasteiger partial charge in [0.25, 0.3) is 0 Å². The highest BCUT2D eigenvalue weighted by Gasteiger charge is 2.42. The lowest BCUT2D eigenvalue weighted by molar-refractivity contribution is -0.140. The zero-order valence-electron chi connectivity index (χ0n) is 23.3. The van der Waals surface area contributed by atoms with Crippen molar-refractivity contribution in [3.8, 4) is 23.0 Å². The van der Waals surface area contributed by atoms with E-state index in [2.05, 4.69) is 5.32 Å². The summed E-state index contributed by atoms with van der Waals surface area (Å²) < 4.78 is 27.8. The van der Waals surface area contributed by atoms with Crippen molar-refractivity contribution >= 4 is 23.4 Å². The highest BCUT2D eigenvalue weighted by atomic mass is 35.5. The maximum atomic E-state index is 13.9. The van der Waals surface area contributed by atoms with Crippen molar-refractivity contribution in [2.45, 2.75) is 31.6 Å². The van der Waals surface area contributed by atoms with Gasteiger partial charge in [0.15, 0.2) is 17.3 Å². The van der Waals surface area contributed by atoms with Gasteiger partial charge >= 0.3 is 5.97 Å². The maximum absolute atomic E-state index is 13.9. The third kappa shape index (κ3) is 5.42. The smallest absolute Gasteiger partial charge is 0.336 e. The van der Waals surface area contributed by atoms with E-state index < -0.39 is 11.9 Å². The van der Waals surface area contributed by atoms with Gasteiger partial charge in [0, 0.05) is 40.4 Å². The molecule has 0 saturated carbocycles. The van der Waals surface area contributed by atoms with Crippen LogP contribution in [-0.2, 0) is 14.3 Å². The number of methoxy groups -OCH3 is 1. The molecule has 0 bridgehead atoms. The summed E-state index contributed by atoms with van der Waals surface area (Å²) in [6, 6.07) is 20.5. The molecule has 0 radical (unpaired) electrons. The standard InChI is InChI=1S/C33H30ClNO7/c1-19-30(33(37)40-13-12-39-23-6-4-3-5-7-23)31(24-16-28-29(17-25(24)34)42-18-41-28)32-26(35-19)14-21(15-27(32)36)20-8-10-22(38-2)11-9-20/h3-11,16-17,21,31,35H,12-15,18H2,1-2H3/t21-,31-/m1/s1. The molecular weight excluding hydrogens is 558 g/mol. The predicted octanol–water partition coefficient (Wildman–Crippen LogP) is 6.06. The normalized spacial score (nSPS) is 19.3. The van der Waals surface area contributed by atoms with Crippen LogP contribution in [0.2, 0.25) is 5.02 Å². The lowest BCUT2D eigenvalue weighted by Gasteiger charge is -2.37. The first-order chi connectivity index (χ1) is 20.4. The van der Waals surface area contributed by atoms with Crippen LogP contribution < -0.4 is 24.3 Å². The topological polar surface area (TPSA) is 92.3 Å². The van der Waals surface area contributed by atoms with Crippen molar-refractivity contribution in [1.29, 1.82) is 0 Å². The molecule has 9 heteroatoms. The Hall–Kier alpha value is -4.43. The average Bonchev–Trinajstić information content (AvgIpc) is 3.46. The van der Waals surface area contributed by atoms with Crippen LogP contribution in [0.25, 0.3) is 0 Å². The van der Waals surface area contributed by atoms with E-state index in [0.717, 1.165) is 17.0 Å². The van der Waals surface area contributed by atoms with Crippen molar-refractivity contribution in [2.24, 2.45) is 0 Å². The summed E-state index contributed by atoms with van der Waals surface area (Å²) in [5.41, 5.74) is 3.83. The number of para-hydroxylation sites is 1. The Kier molecular flexibility index (Phi) is 7.80. The van der Waals surface area contributed by atoms with Gasteiger partial charge in [-0.2, -0.15) is 0 Å². The minimum atomic E-state index is -0.741. The number of Topliss-reactive ketones (excluding diaryl/α,β-unsaturated/α-hetero) is 1. The second kappa shape index (κ2) is 11.8. The molecule has 0 aromatic heterocycles. The summed E-state index contributed by atoms with van der Waals surface area (Å²) in [5.74, 6) is 1.09. The fraction of sp³-hybridized carbons (Fsp3) is 0.273. The number of dihydropyridines is 1. The van der Waals surface area contributed by atoms with Gasteiger partial charge < -0.3 is 29.0 Å². The Labute approximate surface area is 248 Å². The highest BCUT2D eigenvalue weighted by Crippen LogP contribution is 2.49. The molecule has 3 aromatic rings. The summed E-state index contributed by atoms with van der Waals surface area (Å²) in [5, 5.41) is 3.74. The molecule has 0 saturated heterocycles. The van der Waals surface area contributed by atoms with Crippen molar-refractivity contribution in [3.63, 3.8) is 0 Å². The van der Waals surface area contributed by atoms with Crippen LogP contribution in [0.4, 0.5) is 0 Å². The fourth-order valence-corrected chi connectivity index (χ4v) is 6.04. The summed E-state index contributed by atoms with van der Waals surface area (Å²) in [6.07, 6.45) is 0.883. The highest BCUT2D eigenvalue weighted by molar-refractivity contribution is 6.32. The second-order valence-electron chi connectivity index (χ2n) is 10.3. The van der Waals surface area contributed by atoms with Crippen LogP contribution in [0.15, 0.2) is 89.3 Å². The lowest BCUT2D eigenvalue weighted by atomic mass is 9.71. The Bertz CT molecular complexity index is 1580. The van der Waals surface area contributed by atoms with Crippen molar-refractivity contribution in [3.05, 3.63) is 105 Å². The summed E-state index contributed by atoms with van der Waals surface area (Å²) in [7, 11) is 1.62. The van der Waals surface area contributed by atoms with E-state index in [0.29, 0.717) is 51.1 Å². The molecule has 8 nitrogen and oxygen atoms in total. The first-order valence-corrected chi connectivity index (χ1v) is 14.1. The van der Waals surface area contributed by atoms with E-state index in [1.807, 2.05) is 61.5 Å². The second-order valence-corrected chi connectivity index (χ2v) is 10.7. The Balaban J connectivity index is 1.32. The average molecular weight is 588 g/mol. The number of carbonyl (C=O) groups is 2. The Morgan fingerprint density at radius 2 is 1.71 bits per heavy atom. The minimum Gasteiger partial charge on any atom is -0.497 e. The quantitative estimate of drug-likeness (QED) is 0.251. The first-order valence-electron chi connectivity index (χ1n) is 13.7. The van der Waals surface area contributed by atoms with Crippen molar-refractivity contribution in [1.82, 2.24) is 5.32 Å². The zero-order valence-corrected chi connectivity index (χ0v) is 24.0. The monoisotopic (exact) mass is 587 g/mol. The molecule has 1 N–H and O–H groups in total. The molecule has 0 spiro atoms. The molecule has 0 fully saturated rings. The van der Waals surface area contributed by atoms with E-state index >= 15 is 0 Å². The first kappa shape index (κ1) is 27.7. The van der Waals surface area contributed by atoms with Gasteiger partial charge in [0.05, 0.1) is 12.7 Å². The Morgan fingerprint density at radius 3 is 2.45 bits per heavy atom. The number of ether oxygens (including phenoxy) is 5. The molecule has 3 aromatic carbocycles. The van der Waals surface area contributed by atoms with E-state index in [4.69, 9.17) is 35.3 Å². The number of hydrogen-bond donors (Lipinski definition) is 1. The van der Waals surface area contributed by atoms with E-state index in [-0.39, 0.29) is 38.1 Å². The zero-order chi connectivity index (χ0) is 29.2.